The molecule has 0 aliphatic heterocycles. The predicted octanol–water partition coefficient (Wildman–Crippen LogP) is 4.98. The molecule has 0 atom stereocenters. The number of halogens is 4. The molecule has 0 N–H and O–H groups in total. The van der Waals surface area contributed by atoms with Crippen LogP contribution in [0.5, 0.6) is 0 Å². The van der Waals surface area contributed by atoms with Crippen molar-refractivity contribution in [2.24, 2.45) is 0 Å². The lowest BCUT2D eigenvalue weighted by Gasteiger charge is -2.05. The zero-order chi connectivity index (χ0) is 13.3. The molecular weight excluding hydrogens is 390 g/mol. The van der Waals surface area contributed by atoms with Crippen molar-refractivity contribution in [2.45, 2.75) is 6.42 Å². The van der Waals surface area contributed by atoms with E-state index in [0.717, 1.165) is 6.07 Å². The minimum Gasteiger partial charge on any atom is -0.293 e. The van der Waals surface area contributed by atoms with Crippen molar-refractivity contribution in [1.82, 2.24) is 0 Å². The molecule has 0 unspecified atom stereocenters. The Morgan fingerprint density at radius 1 is 1.17 bits per heavy atom. The summed E-state index contributed by atoms with van der Waals surface area (Å²) >= 11 is 7.44. The standard InChI is InChI=1S/C12H6Br2F2OS/c13-7-1-2-9(15)6(11(7)16)5-10(17)12-8(14)3-4-18-12/h1-4H,5H2. The van der Waals surface area contributed by atoms with E-state index in [2.05, 4.69) is 31.9 Å². The van der Waals surface area contributed by atoms with Crippen molar-refractivity contribution >= 4 is 49.0 Å². The zero-order valence-electron chi connectivity index (χ0n) is 8.84. The smallest absolute Gasteiger partial charge is 0.178 e. The van der Waals surface area contributed by atoms with E-state index in [9.17, 15) is 13.6 Å². The Hall–Kier alpha value is -0.590. The molecule has 0 saturated carbocycles. The van der Waals surface area contributed by atoms with Gasteiger partial charge in [0, 0.05) is 16.5 Å². The summed E-state index contributed by atoms with van der Waals surface area (Å²) in [6.45, 7) is 0. The summed E-state index contributed by atoms with van der Waals surface area (Å²) in [7, 11) is 0. The minimum absolute atomic E-state index is 0.150. The van der Waals surface area contributed by atoms with Crippen molar-refractivity contribution in [3.05, 3.63) is 54.6 Å². The normalized spacial score (nSPS) is 10.7. The lowest BCUT2D eigenvalue weighted by Crippen LogP contribution is -2.06. The highest BCUT2D eigenvalue weighted by atomic mass is 79.9. The Balaban J connectivity index is 2.33. The number of ketones is 1. The fourth-order valence-corrected chi connectivity index (χ4v) is 3.37. The molecule has 0 bridgehead atoms. The molecule has 18 heavy (non-hydrogen) atoms. The van der Waals surface area contributed by atoms with E-state index in [1.165, 1.54) is 17.4 Å². The van der Waals surface area contributed by atoms with Crippen LogP contribution in [0.1, 0.15) is 15.2 Å². The van der Waals surface area contributed by atoms with Crippen molar-refractivity contribution in [1.29, 1.82) is 0 Å². The number of carbonyl (C=O) groups is 1. The fraction of sp³-hybridized carbons (Fsp3) is 0.0833. The van der Waals surface area contributed by atoms with E-state index in [-0.39, 0.29) is 22.2 Å². The highest BCUT2D eigenvalue weighted by Crippen LogP contribution is 2.27. The number of benzene rings is 1. The minimum atomic E-state index is -0.726. The van der Waals surface area contributed by atoms with E-state index in [1.807, 2.05) is 0 Å². The molecule has 0 radical (unpaired) electrons. The third-order valence-electron chi connectivity index (χ3n) is 2.35. The molecule has 1 aromatic carbocycles. The Labute approximate surface area is 123 Å². The molecule has 0 aliphatic carbocycles. The molecule has 1 aromatic heterocycles. The Kier molecular flexibility index (Phi) is 4.29. The van der Waals surface area contributed by atoms with Gasteiger partial charge in [0.1, 0.15) is 11.6 Å². The Morgan fingerprint density at radius 2 is 1.89 bits per heavy atom. The van der Waals surface area contributed by atoms with Gasteiger partial charge in [0.05, 0.1) is 9.35 Å². The maximum atomic E-state index is 13.7. The SMILES string of the molecule is O=C(Cc1c(F)ccc(Br)c1F)c1sccc1Br. The molecule has 0 saturated heterocycles. The summed E-state index contributed by atoms with van der Waals surface area (Å²) in [5.74, 6) is -1.75. The summed E-state index contributed by atoms with van der Waals surface area (Å²) < 4.78 is 28.0. The number of hydrogen-bond donors (Lipinski definition) is 0. The van der Waals surface area contributed by atoms with Gasteiger partial charge in [-0.15, -0.1) is 11.3 Å². The molecule has 94 valence electrons. The van der Waals surface area contributed by atoms with Crippen LogP contribution in [-0.4, -0.2) is 5.78 Å². The van der Waals surface area contributed by atoms with Crippen LogP contribution in [0.2, 0.25) is 0 Å². The summed E-state index contributed by atoms with van der Waals surface area (Å²) in [5, 5.41) is 1.74. The van der Waals surface area contributed by atoms with Gasteiger partial charge >= 0.3 is 0 Å². The largest absolute Gasteiger partial charge is 0.293 e. The molecule has 0 fully saturated rings. The number of Topliss-reactive ketones (excluding diaryl/α,β-unsaturated/α-hetero) is 1. The number of hydrogen-bond acceptors (Lipinski definition) is 2. The van der Waals surface area contributed by atoms with E-state index in [0.29, 0.717) is 9.35 Å². The molecule has 1 nitrogen and oxygen atoms in total. The molecule has 0 amide bonds. The molecule has 0 spiro atoms. The summed E-state index contributed by atoms with van der Waals surface area (Å²) in [5.41, 5.74) is -0.213. The molecular formula is C12H6Br2F2OS. The van der Waals surface area contributed by atoms with Crippen LogP contribution in [0, 0.1) is 11.6 Å². The summed E-state index contributed by atoms with van der Waals surface area (Å²) in [4.78, 5) is 12.4. The van der Waals surface area contributed by atoms with Crippen molar-refractivity contribution in [3.8, 4) is 0 Å². The van der Waals surface area contributed by atoms with Crippen molar-refractivity contribution in [2.75, 3.05) is 0 Å². The molecule has 0 aliphatic rings. The van der Waals surface area contributed by atoms with Gasteiger partial charge in [0.15, 0.2) is 5.78 Å². The van der Waals surface area contributed by atoms with Gasteiger partial charge < -0.3 is 0 Å². The number of carbonyl (C=O) groups excluding carboxylic acids is 1. The predicted molar refractivity (Wildman–Crippen MR) is 74.1 cm³/mol. The molecule has 2 aromatic rings. The highest BCUT2D eigenvalue weighted by Gasteiger charge is 2.19. The third kappa shape index (κ3) is 2.70. The molecule has 2 rings (SSSR count). The van der Waals surface area contributed by atoms with E-state index < -0.39 is 11.6 Å². The van der Waals surface area contributed by atoms with Crippen LogP contribution in [0.25, 0.3) is 0 Å². The molecule has 1 heterocycles. The topological polar surface area (TPSA) is 17.1 Å². The fourth-order valence-electron chi connectivity index (χ4n) is 1.46. The third-order valence-corrected chi connectivity index (χ3v) is 4.84. The Bertz CT molecular complexity index is 610. The second kappa shape index (κ2) is 5.59. The number of thiophene rings is 1. The van der Waals surface area contributed by atoms with E-state index in [1.54, 1.807) is 11.4 Å². The van der Waals surface area contributed by atoms with Gasteiger partial charge in [-0.25, -0.2) is 8.78 Å². The first-order chi connectivity index (χ1) is 8.50. The summed E-state index contributed by atoms with van der Waals surface area (Å²) in [6.07, 6.45) is -0.295. The monoisotopic (exact) mass is 394 g/mol. The zero-order valence-corrected chi connectivity index (χ0v) is 12.8. The van der Waals surface area contributed by atoms with Crippen LogP contribution < -0.4 is 0 Å². The Morgan fingerprint density at radius 3 is 2.50 bits per heavy atom. The van der Waals surface area contributed by atoms with Gasteiger partial charge in [-0.1, -0.05) is 0 Å². The molecule has 6 heteroatoms. The van der Waals surface area contributed by atoms with Crippen molar-refractivity contribution in [3.63, 3.8) is 0 Å². The maximum absolute atomic E-state index is 13.7. The average Bonchev–Trinajstić information content (AvgIpc) is 2.76. The van der Waals surface area contributed by atoms with Gasteiger partial charge in [0.25, 0.3) is 0 Å². The second-order valence-electron chi connectivity index (χ2n) is 3.52. The van der Waals surface area contributed by atoms with E-state index in [4.69, 9.17) is 0 Å². The van der Waals surface area contributed by atoms with Crippen LogP contribution in [-0.2, 0) is 6.42 Å². The second-order valence-corrected chi connectivity index (χ2v) is 6.14. The number of rotatable bonds is 3. The quantitative estimate of drug-likeness (QED) is 0.529. The van der Waals surface area contributed by atoms with Crippen LogP contribution in [0.4, 0.5) is 8.78 Å². The average molecular weight is 396 g/mol. The highest BCUT2D eigenvalue weighted by molar-refractivity contribution is 9.10. The first-order valence-electron chi connectivity index (χ1n) is 4.89. The van der Waals surface area contributed by atoms with Gasteiger partial charge in [-0.2, -0.15) is 0 Å². The van der Waals surface area contributed by atoms with Crippen LogP contribution in [0.15, 0.2) is 32.5 Å². The van der Waals surface area contributed by atoms with Crippen LogP contribution in [0.3, 0.4) is 0 Å². The first-order valence-corrected chi connectivity index (χ1v) is 7.36. The summed E-state index contributed by atoms with van der Waals surface area (Å²) in [6, 6.07) is 4.14. The maximum Gasteiger partial charge on any atom is 0.178 e. The van der Waals surface area contributed by atoms with E-state index >= 15 is 0 Å². The van der Waals surface area contributed by atoms with Gasteiger partial charge in [-0.05, 0) is 55.4 Å². The van der Waals surface area contributed by atoms with Crippen LogP contribution >= 0.6 is 43.2 Å². The van der Waals surface area contributed by atoms with Gasteiger partial charge in [-0.3, -0.25) is 4.79 Å². The van der Waals surface area contributed by atoms with Gasteiger partial charge in [0.2, 0.25) is 0 Å². The first kappa shape index (κ1) is 13.8. The lowest BCUT2D eigenvalue weighted by molar-refractivity contribution is 0.0993. The van der Waals surface area contributed by atoms with Crippen molar-refractivity contribution < 1.29 is 13.6 Å². The lowest BCUT2D eigenvalue weighted by atomic mass is 10.1.